The Bertz CT molecular complexity index is 3620. The predicted octanol–water partition coefficient (Wildman–Crippen LogP) is 17.5. The average molecular weight is 831 g/mol. The van der Waals surface area contributed by atoms with Gasteiger partial charge in [-0.3, -0.25) is 0 Å². The molecule has 12 rings (SSSR count). The van der Waals surface area contributed by atoms with Crippen molar-refractivity contribution >= 4 is 66.9 Å². The Kier molecular flexibility index (Phi) is 9.31. The van der Waals surface area contributed by atoms with E-state index in [4.69, 9.17) is 4.42 Å². The second-order valence-electron chi connectivity index (χ2n) is 16.6. The Morgan fingerprint density at radius 3 is 1.26 bits per heavy atom. The summed E-state index contributed by atoms with van der Waals surface area (Å²) in [4.78, 5) is 2.33. The molecule has 0 unspecified atom stereocenters. The number of hydrogen-bond acceptors (Lipinski definition) is 2. The predicted molar refractivity (Wildman–Crippen MR) is 275 cm³/mol. The summed E-state index contributed by atoms with van der Waals surface area (Å²) in [6, 6.07) is 84.9. The minimum Gasteiger partial charge on any atom is -0.455 e. The quantitative estimate of drug-likeness (QED) is 0.144. The van der Waals surface area contributed by atoms with E-state index in [9.17, 15) is 0 Å². The summed E-state index contributed by atoms with van der Waals surface area (Å²) in [6.45, 7) is 3.89. The Morgan fingerprint density at radius 1 is 0.354 bits per heavy atom. The highest BCUT2D eigenvalue weighted by Gasteiger charge is 2.17. The molecule has 0 fully saturated rings. The van der Waals surface area contributed by atoms with Crippen molar-refractivity contribution in [2.24, 2.45) is 0 Å². The Balaban J connectivity index is 0.880. The zero-order chi connectivity index (χ0) is 43.3. The Labute approximate surface area is 378 Å². The molecule has 0 bridgehead atoms. The van der Waals surface area contributed by atoms with Gasteiger partial charge in [0.15, 0.2) is 0 Å². The molecule has 10 aromatic carbocycles. The van der Waals surface area contributed by atoms with Crippen LogP contribution in [0.5, 0.6) is 0 Å². The molecule has 0 atom stereocenters. The number of aromatic nitrogens is 1. The molecular formula is C62H42N2O. The maximum Gasteiger partial charge on any atom is 0.143 e. The third kappa shape index (κ3) is 6.78. The van der Waals surface area contributed by atoms with Crippen molar-refractivity contribution in [3.8, 4) is 50.2 Å². The van der Waals surface area contributed by atoms with E-state index >= 15 is 0 Å². The molecule has 0 aliphatic rings. The highest BCUT2D eigenvalue weighted by Crippen LogP contribution is 2.41. The van der Waals surface area contributed by atoms with Crippen molar-refractivity contribution in [1.82, 2.24) is 4.57 Å². The van der Waals surface area contributed by atoms with Crippen LogP contribution in [0, 0.1) is 0 Å². The van der Waals surface area contributed by atoms with Crippen molar-refractivity contribution < 1.29 is 4.42 Å². The van der Waals surface area contributed by atoms with Crippen LogP contribution < -0.4 is 4.90 Å². The van der Waals surface area contributed by atoms with Gasteiger partial charge in [-0.2, -0.15) is 0 Å². The Morgan fingerprint density at radius 2 is 0.754 bits per heavy atom. The van der Waals surface area contributed by atoms with Gasteiger partial charge in [0, 0.05) is 49.9 Å². The van der Waals surface area contributed by atoms with Crippen molar-refractivity contribution in [1.29, 1.82) is 0 Å². The first-order valence-electron chi connectivity index (χ1n) is 22.1. The lowest BCUT2D eigenvalue weighted by molar-refractivity contribution is 0.670. The second-order valence-corrected chi connectivity index (χ2v) is 16.6. The fraction of sp³-hybridized carbons (Fsp3) is 0. The van der Waals surface area contributed by atoms with Crippen molar-refractivity contribution in [3.63, 3.8) is 0 Å². The van der Waals surface area contributed by atoms with E-state index in [0.717, 1.165) is 72.5 Å². The van der Waals surface area contributed by atoms with Gasteiger partial charge in [0.1, 0.15) is 11.2 Å². The van der Waals surface area contributed by atoms with Gasteiger partial charge in [0.25, 0.3) is 0 Å². The monoisotopic (exact) mass is 830 g/mol. The number of furan rings is 1. The molecule has 12 aromatic rings. The molecule has 0 saturated heterocycles. The van der Waals surface area contributed by atoms with E-state index in [0.29, 0.717) is 0 Å². The molecule has 65 heavy (non-hydrogen) atoms. The minimum absolute atomic E-state index is 0.901. The number of anilines is 3. The summed E-state index contributed by atoms with van der Waals surface area (Å²) >= 11 is 0. The fourth-order valence-electron chi connectivity index (χ4n) is 9.49. The standard InChI is InChI=1S/C62H42N2O/c1-2-42-18-20-43(21-19-42)44-22-24-45(25-23-44)46-26-34-50(35-27-46)63(52-40-32-49(33-41-52)54-13-9-14-58-57-12-5-8-17-61(57)65-62(54)58)51-36-28-47(29-37-51)48-30-38-53(39-31-48)64-59-15-6-3-10-55(59)56-11-4-7-16-60(56)64/h2-41H,1H2. The number of hydrogen-bond donors (Lipinski definition) is 0. The lowest BCUT2D eigenvalue weighted by Crippen LogP contribution is -2.09. The highest BCUT2D eigenvalue weighted by molar-refractivity contribution is 6.10. The maximum absolute atomic E-state index is 6.43. The van der Waals surface area contributed by atoms with Crippen LogP contribution in [0.2, 0.25) is 0 Å². The van der Waals surface area contributed by atoms with Crippen LogP contribution in [0.4, 0.5) is 17.1 Å². The molecule has 0 aliphatic carbocycles. The largest absolute Gasteiger partial charge is 0.455 e. The van der Waals surface area contributed by atoms with Gasteiger partial charge in [-0.1, -0.05) is 183 Å². The van der Waals surface area contributed by atoms with E-state index < -0.39 is 0 Å². The summed E-state index contributed by atoms with van der Waals surface area (Å²) < 4.78 is 8.79. The summed E-state index contributed by atoms with van der Waals surface area (Å²) in [6.07, 6.45) is 1.87. The summed E-state index contributed by atoms with van der Waals surface area (Å²) in [7, 11) is 0. The molecule has 0 spiro atoms. The van der Waals surface area contributed by atoms with Gasteiger partial charge in [0.05, 0.1) is 11.0 Å². The van der Waals surface area contributed by atoms with Gasteiger partial charge in [-0.25, -0.2) is 0 Å². The SMILES string of the molecule is C=Cc1ccc(-c2ccc(-c3ccc(N(c4ccc(-c5ccc(-n6c7ccccc7c7ccccc76)cc5)cc4)c4ccc(-c5cccc6c5oc5ccccc56)cc4)cc3)cc2)cc1. The topological polar surface area (TPSA) is 21.3 Å². The molecule has 0 saturated carbocycles. The third-order valence-electron chi connectivity index (χ3n) is 12.8. The first-order valence-corrected chi connectivity index (χ1v) is 22.1. The van der Waals surface area contributed by atoms with Crippen LogP contribution in [-0.2, 0) is 0 Å². The molecule has 3 nitrogen and oxygen atoms in total. The molecule has 2 heterocycles. The van der Waals surface area contributed by atoms with E-state index in [1.165, 1.54) is 44.1 Å². The molecule has 0 amide bonds. The summed E-state index contributed by atoms with van der Waals surface area (Å²) in [5, 5.41) is 4.79. The smallest absolute Gasteiger partial charge is 0.143 e. The lowest BCUT2D eigenvalue weighted by Gasteiger charge is -2.26. The van der Waals surface area contributed by atoms with Crippen LogP contribution in [0.3, 0.4) is 0 Å². The number of nitrogens with zero attached hydrogens (tertiary/aromatic N) is 2. The first kappa shape index (κ1) is 38.0. The molecule has 0 aliphatic heterocycles. The van der Waals surface area contributed by atoms with E-state index in [1.54, 1.807) is 0 Å². The van der Waals surface area contributed by atoms with Gasteiger partial charge in [-0.05, 0) is 111 Å². The third-order valence-corrected chi connectivity index (χ3v) is 12.8. The highest BCUT2D eigenvalue weighted by atomic mass is 16.3. The van der Waals surface area contributed by atoms with Crippen molar-refractivity contribution in [2.45, 2.75) is 0 Å². The molecule has 3 heteroatoms. The minimum atomic E-state index is 0.901. The van der Waals surface area contributed by atoms with Crippen LogP contribution in [0.25, 0.3) is 100 Å². The van der Waals surface area contributed by atoms with Gasteiger partial charge >= 0.3 is 0 Å². The van der Waals surface area contributed by atoms with Crippen molar-refractivity contribution in [2.75, 3.05) is 4.90 Å². The average Bonchev–Trinajstić information content (AvgIpc) is 3.94. The van der Waals surface area contributed by atoms with E-state index in [-0.39, 0.29) is 0 Å². The molecule has 0 radical (unpaired) electrons. The maximum atomic E-state index is 6.43. The second kappa shape index (κ2) is 15.9. The van der Waals surface area contributed by atoms with Crippen molar-refractivity contribution in [3.05, 3.63) is 249 Å². The van der Waals surface area contributed by atoms with Crippen LogP contribution in [-0.4, -0.2) is 4.57 Å². The molecule has 0 N–H and O–H groups in total. The zero-order valence-electron chi connectivity index (χ0n) is 35.6. The van der Waals surface area contributed by atoms with Gasteiger partial charge in [0.2, 0.25) is 0 Å². The molecule has 306 valence electrons. The van der Waals surface area contributed by atoms with E-state index in [1.807, 2.05) is 18.2 Å². The van der Waals surface area contributed by atoms with Gasteiger partial charge in [-0.15, -0.1) is 0 Å². The van der Waals surface area contributed by atoms with Gasteiger partial charge < -0.3 is 13.9 Å². The fourth-order valence-corrected chi connectivity index (χ4v) is 9.49. The lowest BCUT2D eigenvalue weighted by atomic mass is 9.99. The first-order chi connectivity index (χ1) is 32.2. The Hall–Kier alpha value is -8.66. The molecule has 2 aromatic heterocycles. The molecular weight excluding hydrogens is 789 g/mol. The summed E-state index contributed by atoms with van der Waals surface area (Å²) in [5.41, 5.74) is 18.9. The number of para-hydroxylation sites is 4. The number of benzene rings is 10. The number of fused-ring (bicyclic) bond motifs is 6. The van der Waals surface area contributed by atoms with Crippen LogP contribution in [0.1, 0.15) is 5.56 Å². The van der Waals surface area contributed by atoms with E-state index in [2.05, 4.69) is 241 Å². The normalized spacial score (nSPS) is 11.4. The zero-order valence-corrected chi connectivity index (χ0v) is 35.6. The number of rotatable bonds is 9. The summed E-state index contributed by atoms with van der Waals surface area (Å²) in [5.74, 6) is 0. The van der Waals surface area contributed by atoms with Crippen LogP contribution in [0.15, 0.2) is 248 Å². The van der Waals surface area contributed by atoms with Crippen LogP contribution >= 0.6 is 0 Å².